The third-order valence-electron chi connectivity index (χ3n) is 4.38. The molecule has 0 N–H and O–H groups in total. The van der Waals surface area contributed by atoms with E-state index in [1.54, 1.807) is 32.2 Å². The molecule has 0 saturated carbocycles. The van der Waals surface area contributed by atoms with Crippen molar-refractivity contribution >= 4 is 29.0 Å². The molecule has 1 aliphatic rings. The first-order chi connectivity index (χ1) is 12.4. The Morgan fingerprint density at radius 2 is 1.85 bits per heavy atom. The van der Waals surface area contributed by atoms with Gasteiger partial charge in [-0.2, -0.15) is 0 Å². The van der Waals surface area contributed by atoms with Gasteiger partial charge in [0.25, 0.3) is 5.91 Å². The highest BCUT2D eigenvalue weighted by atomic mass is 16.5. The summed E-state index contributed by atoms with van der Waals surface area (Å²) in [5.41, 5.74) is 1.64. The topological polar surface area (TPSA) is 66.9 Å². The number of carbonyl (C=O) groups excluding carboxylic acids is 3. The number of fused-ring (bicyclic) bond motifs is 1. The standard InChI is InChI=1S/C20H20N2O4/c1-13(23)15-9-10-18-17(11-15)22(20(25)14(2)26-18)12-19(24)21(3)16-7-5-4-6-8-16/h4-11,14H,12H2,1-3H3. The predicted molar refractivity (Wildman–Crippen MR) is 98.7 cm³/mol. The number of hydrogen-bond acceptors (Lipinski definition) is 4. The number of rotatable bonds is 4. The number of likely N-dealkylation sites (N-methyl/N-ethyl adjacent to an activating group) is 1. The highest BCUT2D eigenvalue weighted by Crippen LogP contribution is 2.35. The predicted octanol–water partition coefficient (Wildman–Crippen LogP) is 2.67. The zero-order valence-corrected chi connectivity index (χ0v) is 14.9. The maximum absolute atomic E-state index is 12.7. The Hall–Kier alpha value is -3.15. The van der Waals surface area contributed by atoms with Gasteiger partial charge < -0.3 is 9.64 Å². The van der Waals surface area contributed by atoms with Gasteiger partial charge in [-0.05, 0) is 44.2 Å². The Morgan fingerprint density at radius 3 is 2.50 bits per heavy atom. The van der Waals surface area contributed by atoms with Crippen LogP contribution in [0.4, 0.5) is 11.4 Å². The average molecular weight is 352 g/mol. The van der Waals surface area contributed by atoms with Crippen LogP contribution in [-0.2, 0) is 9.59 Å². The zero-order valence-electron chi connectivity index (χ0n) is 14.9. The van der Waals surface area contributed by atoms with Gasteiger partial charge in [0, 0.05) is 18.3 Å². The van der Waals surface area contributed by atoms with Gasteiger partial charge in [0.15, 0.2) is 11.9 Å². The third kappa shape index (κ3) is 3.31. The van der Waals surface area contributed by atoms with Crippen LogP contribution in [0.1, 0.15) is 24.2 Å². The van der Waals surface area contributed by atoms with E-state index in [9.17, 15) is 14.4 Å². The van der Waals surface area contributed by atoms with Crippen LogP contribution < -0.4 is 14.5 Å². The molecule has 0 aliphatic carbocycles. The minimum absolute atomic E-state index is 0.119. The lowest BCUT2D eigenvalue weighted by Crippen LogP contribution is -2.49. The fourth-order valence-corrected chi connectivity index (χ4v) is 2.83. The number of ether oxygens (including phenoxy) is 1. The molecular formula is C20H20N2O4. The molecule has 0 radical (unpaired) electrons. The normalized spacial score (nSPS) is 15.9. The molecule has 0 saturated heterocycles. The molecular weight excluding hydrogens is 332 g/mol. The number of nitrogens with zero attached hydrogens (tertiary/aromatic N) is 2. The van der Waals surface area contributed by atoms with Gasteiger partial charge in [-0.15, -0.1) is 0 Å². The van der Waals surface area contributed by atoms with Crippen molar-refractivity contribution in [2.75, 3.05) is 23.4 Å². The molecule has 6 nitrogen and oxygen atoms in total. The van der Waals surface area contributed by atoms with Crippen molar-refractivity contribution in [3.63, 3.8) is 0 Å². The van der Waals surface area contributed by atoms with Gasteiger partial charge in [0.2, 0.25) is 5.91 Å². The number of anilines is 2. The second-order valence-corrected chi connectivity index (χ2v) is 6.21. The van der Waals surface area contributed by atoms with E-state index in [0.717, 1.165) is 5.69 Å². The summed E-state index contributed by atoms with van der Waals surface area (Å²) in [6, 6.07) is 14.1. The smallest absolute Gasteiger partial charge is 0.268 e. The first-order valence-corrected chi connectivity index (χ1v) is 8.33. The van der Waals surface area contributed by atoms with Crippen molar-refractivity contribution in [2.45, 2.75) is 20.0 Å². The number of Topliss-reactive ketones (excluding diaryl/α,β-unsaturated/α-hetero) is 1. The summed E-state index contributed by atoms with van der Waals surface area (Å²) >= 11 is 0. The number of amides is 2. The summed E-state index contributed by atoms with van der Waals surface area (Å²) in [6.45, 7) is 2.96. The molecule has 0 spiro atoms. The van der Waals surface area contributed by atoms with E-state index in [2.05, 4.69) is 0 Å². The van der Waals surface area contributed by atoms with E-state index in [4.69, 9.17) is 4.74 Å². The van der Waals surface area contributed by atoms with Crippen LogP contribution in [0.15, 0.2) is 48.5 Å². The van der Waals surface area contributed by atoms with Crippen LogP contribution in [0.25, 0.3) is 0 Å². The minimum atomic E-state index is -0.694. The molecule has 2 amide bonds. The molecule has 6 heteroatoms. The Balaban J connectivity index is 1.91. The fraction of sp³-hybridized carbons (Fsp3) is 0.250. The summed E-state index contributed by atoms with van der Waals surface area (Å²) in [5.74, 6) is -0.186. The highest BCUT2D eigenvalue weighted by Gasteiger charge is 2.33. The van der Waals surface area contributed by atoms with Crippen molar-refractivity contribution in [1.82, 2.24) is 0 Å². The van der Waals surface area contributed by atoms with Crippen molar-refractivity contribution in [2.24, 2.45) is 0 Å². The molecule has 26 heavy (non-hydrogen) atoms. The summed E-state index contributed by atoms with van der Waals surface area (Å²) < 4.78 is 5.61. The first kappa shape index (κ1) is 17.7. The summed E-state index contributed by atoms with van der Waals surface area (Å²) in [5, 5.41) is 0. The first-order valence-electron chi connectivity index (χ1n) is 8.33. The van der Waals surface area contributed by atoms with Crippen molar-refractivity contribution in [3.05, 3.63) is 54.1 Å². The van der Waals surface area contributed by atoms with Crippen LogP contribution in [0, 0.1) is 0 Å². The van der Waals surface area contributed by atoms with Crippen molar-refractivity contribution in [3.8, 4) is 5.75 Å². The minimum Gasteiger partial charge on any atom is -0.479 e. The van der Waals surface area contributed by atoms with Crippen LogP contribution >= 0.6 is 0 Å². The van der Waals surface area contributed by atoms with E-state index >= 15 is 0 Å². The number of para-hydroxylation sites is 1. The Labute approximate surface area is 152 Å². The van der Waals surface area contributed by atoms with Gasteiger partial charge in [-0.1, -0.05) is 18.2 Å². The van der Waals surface area contributed by atoms with Crippen LogP contribution in [-0.4, -0.2) is 37.3 Å². The Kier molecular flexibility index (Phi) is 4.75. The van der Waals surface area contributed by atoms with E-state index in [1.165, 1.54) is 16.7 Å². The van der Waals surface area contributed by atoms with Crippen LogP contribution in [0.3, 0.4) is 0 Å². The molecule has 1 heterocycles. The average Bonchev–Trinajstić information content (AvgIpc) is 2.65. The third-order valence-corrected chi connectivity index (χ3v) is 4.38. The lowest BCUT2D eigenvalue weighted by molar-refractivity contribution is -0.127. The molecule has 1 unspecified atom stereocenters. The number of carbonyl (C=O) groups is 3. The van der Waals surface area contributed by atoms with Gasteiger partial charge in [0.1, 0.15) is 12.3 Å². The highest BCUT2D eigenvalue weighted by molar-refractivity contribution is 6.07. The second kappa shape index (κ2) is 7.00. The van der Waals surface area contributed by atoms with E-state index in [-0.39, 0.29) is 24.1 Å². The monoisotopic (exact) mass is 352 g/mol. The molecule has 134 valence electrons. The van der Waals surface area contributed by atoms with Gasteiger partial charge >= 0.3 is 0 Å². The Bertz CT molecular complexity index is 863. The quantitative estimate of drug-likeness (QED) is 0.794. The van der Waals surface area contributed by atoms with Crippen molar-refractivity contribution < 1.29 is 19.1 Å². The van der Waals surface area contributed by atoms with E-state index < -0.39 is 6.10 Å². The maximum Gasteiger partial charge on any atom is 0.268 e. The molecule has 2 aromatic carbocycles. The summed E-state index contributed by atoms with van der Waals surface area (Å²) in [4.78, 5) is 39.9. The lowest BCUT2D eigenvalue weighted by atomic mass is 10.1. The number of benzene rings is 2. The van der Waals surface area contributed by atoms with Gasteiger partial charge in [-0.25, -0.2) is 0 Å². The zero-order chi connectivity index (χ0) is 18.8. The van der Waals surface area contributed by atoms with Gasteiger partial charge in [0.05, 0.1) is 5.69 Å². The van der Waals surface area contributed by atoms with E-state index in [1.807, 2.05) is 30.3 Å². The SMILES string of the molecule is CC(=O)c1ccc2c(c1)N(CC(=O)N(C)c1ccccc1)C(=O)C(C)O2. The van der Waals surface area contributed by atoms with Gasteiger partial charge in [-0.3, -0.25) is 19.3 Å². The summed E-state index contributed by atoms with van der Waals surface area (Å²) in [7, 11) is 1.67. The molecule has 0 fully saturated rings. The second-order valence-electron chi connectivity index (χ2n) is 6.21. The summed E-state index contributed by atoms with van der Waals surface area (Å²) in [6.07, 6.45) is -0.694. The molecule has 2 aromatic rings. The molecule has 0 bridgehead atoms. The number of ketones is 1. The molecule has 1 aliphatic heterocycles. The largest absolute Gasteiger partial charge is 0.479 e. The van der Waals surface area contributed by atoms with E-state index in [0.29, 0.717) is 17.0 Å². The number of hydrogen-bond donors (Lipinski definition) is 0. The molecule has 1 atom stereocenters. The molecule has 3 rings (SSSR count). The van der Waals surface area contributed by atoms with Crippen molar-refractivity contribution in [1.29, 1.82) is 0 Å². The maximum atomic E-state index is 12.7. The Morgan fingerprint density at radius 1 is 1.15 bits per heavy atom. The fourth-order valence-electron chi connectivity index (χ4n) is 2.83. The lowest BCUT2D eigenvalue weighted by Gasteiger charge is -2.33. The molecule has 0 aromatic heterocycles. The van der Waals surface area contributed by atoms with Crippen LogP contribution in [0.5, 0.6) is 5.75 Å². The van der Waals surface area contributed by atoms with Crippen LogP contribution in [0.2, 0.25) is 0 Å².